The summed E-state index contributed by atoms with van der Waals surface area (Å²) in [6, 6.07) is 13.1. The zero-order chi connectivity index (χ0) is 18.9. The highest BCUT2D eigenvalue weighted by Gasteiger charge is 2.16. The largest absolute Gasteiger partial charge is 0.496 e. The first kappa shape index (κ1) is 19.8. The summed E-state index contributed by atoms with van der Waals surface area (Å²) in [6.07, 6.45) is 1.40. The highest BCUT2D eigenvalue weighted by atomic mass is 16.5. The standard InChI is InChI=1S/C21H27NO4/c1-4-15-6-9-18(10-7-15)26-14-17-12-16(8-11-20(17)24-3)13-19(22)21(23)25-5-2/h6-12,19H,4-5,13-14,22H2,1-3H3. The third-order valence-corrected chi connectivity index (χ3v) is 4.12. The Labute approximate surface area is 155 Å². The van der Waals surface area contributed by atoms with Gasteiger partial charge >= 0.3 is 5.97 Å². The Morgan fingerprint density at radius 2 is 1.77 bits per heavy atom. The van der Waals surface area contributed by atoms with Crippen LogP contribution in [0.1, 0.15) is 30.5 Å². The number of hydrogen-bond acceptors (Lipinski definition) is 5. The van der Waals surface area contributed by atoms with Crippen LogP contribution in [-0.2, 0) is 29.0 Å². The van der Waals surface area contributed by atoms with Crippen molar-refractivity contribution in [3.8, 4) is 11.5 Å². The molecule has 0 aliphatic rings. The number of benzene rings is 2. The first-order valence-electron chi connectivity index (χ1n) is 8.87. The maximum absolute atomic E-state index is 11.7. The van der Waals surface area contributed by atoms with Crippen molar-refractivity contribution in [2.24, 2.45) is 5.73 Å². The van der Waals surface area contributed by atoms with Gasteiger partial charge in [0.1, 0.15) is 24.1 Å². The molecule has 2 rings (SSSR count). The third-order valence-electron chi connectivity index (χ3n) is 4.12. The number of hydrogen-bond donors (Lipinski definition) is 1. The topological polar surface area (TPSA) is 70.8 Å². The lowest BCUT2D eigenvalue weighted by Gasteiger charge is -2.14. The van der Waals surface area contributed by atoms with Crippen LogP contribution in [0.25, 0.3) is 0 Å². The van der Waals surface area contributed by atoms with Crippen LogP contribution in [0.4, 0.5) is 0 Å². The smallest absolute Gasteiger partial charge is 0.323 e. The van der Waals surface area contributed by atoms with E-state index in [4.69, 9.17) is 19.9 Å². The van der Waals surface area contributed by atoms with Crippen molar-refractivity contribution in [2.45, 2.75) is 39.3 Å². The van der Waals surface area contributed by atoms with E-state index in [1.165, 1.54) is 5.56 Å². The predicted octanol–water partition coefficient (Wildman–Crippen LogP) is 3.27. The van der Waals surface area contributed by atoms with Gasteiger partial charge in [0.05, 0.1) is 13.7 Å². The molecule has 0 aliphatic heterocycles. The average molecular weight is 357 g/mol. The fourth-order valence-corrected chi connectivity index (χ4v) is 2.64. The fraction of sp³-hybridized carbons (Fsp3) is 0.381. The van der Waals surface area contributed by atoms with Crippen LogP contribution >= 0.6 is 0 Å². The highest BCUT2D eigenvalue weighted by molar-refractivity contribution is 5.75. The molecule has 5 nitrogen and oxygen atoms in total. The molecular formula is C21H27NO4. The zero-order valence-electron chi connectivity index (χ0n) is 15.7. The Morgan fingerprint density at radius 3 is 2.38 bits per heavy atom. The molecule has 140 valence electrons. The molecule has 0 saturated heterocycles. The Kier molecular flexibility index (Phi) is 7.48. The first-order valence-corrected chi connectivity index (χ1v) is 8.87. The number of esters is 1. The van der Waals surface area contributed by atoms with Crippen LogP contribution < -0.4 is 15.2 Å². The molecule has 0 radical (unpaired) electrons. The molecule has 2 aromatic rings. The molecule has 0 saturated carbocycles. The molecule has 1 atom stereocenters. The average Bonchev–Trinajstić information content (AvgIpc) is 2.67. The summed E-state index contributed by atoms with van der Waals surface area (Å²) in [6.45, 7) is 4.58. The van der Waals surface area contributed by atoms with E-state index in [0.29, 0.717) is 19.6 Å². The minimum atomic E-state index is -0.682. The Morgan fingerprint density at radius 1 is 1.08 bits per heavy atom. The van der Waals surface area contributed by atoms with Gasteiger partial charge in [0.25, 0.3) is 0 Å². The van der Waals surface area contributed by atoms with Gasteiger partial charge in [-0.05, 0) is 55.2 Å². The summed E-state index contributed by atoms with van der Waals surface area (Å²) in [5.74, 6) is 1.15. The van der Waals surface area contributed by atoms with Gasteiger partial charge in [-0.3, -0.25) is 4.79 Å². The molecule has 0 aromatic heterocycles. The highest BCUT2D eigenvalue weighted by Crippen LogP contribution is 2.23. The van der Waals surface area contributed by atoms with E-state index in [2.05, 4.69) is 19.1 Å². The van der Waals surface area contributed by atoms with Crippen LogP contribution in [0.3, 0.4) is 0 Å². The van der Waals surface area contributed by atoms with E-state index in [1.54, 1.807) is 14.0 Å². The monoisotopic (exact) mass is 357 g/mol. The quantitative estimate of drug-likeness (QED) is 0.698. The van der Waals surface area contributed by atoms with E-state index in [0.717, 1.165) is 29.0 Å². The molecule has 0 spiro atoms. The number of rotatable bonds is 9. The Bertz CT molecular complexity index is 712. The van der Waals surface area contributed by atoms with Crippen LogP contribution in [0.5, 0.6) is 11.5 Å². The van der Waals surface area contributed by atoms with Gasteiger partial charge in [-0.25, -0.2) is 0 Å². The second-order valence-corrected chi connectivity index (χ2v) is 6.00. The Hall–Kier alpha value is -2.53. The van der Waals surface area contributed by atoms with E-state index < -0.39 is 12.0 Å². The fourth-order valence-electron chi connectivity index (χ4n) is 2.64. The van der Waals surface area contributed by atoms with E-state index >= 15 is 0 Å². The normalized spacial score (nSPS) is 11.7. The van der Waals surface area contributed by atoms with Crippen molar-refractivity contribution in [2.75, 3.05) is 13.7 Å². The zero-order valence-corrected chi connectivity index (χ0v) is 15.7. The molecule has 0 bridgehead atoms. The maximum atomic E-state index is 11.7. The van der Waals surface area contributed by atoms with Gasteiger partial charge in [-0.1, -0.05) is 25.1 Å². The lowest BCUT2D eigenvalue weighted by atomic mass is 10.0. The number of carbonyl (C=O) groups excluding carboxylic acids is 1. The number of nitrogens with two attached hydrogens (primary N) is 1. The van der Waals surface area contributed by atoms with Crippen molar-refractivity contribution in [3.63, 3.8) is 0 Å². The van der Waals surface area contributed by atoms with E-state index in [-0.39, 0.29) is 0 Å². The first-order chi connectivity index (χ1) is 12.6. The molecule has 0 amide bonds. The number of methoxy groups -OCH3 is 1. The maximum Gasteiger partial charge on any atom is 0.323 e. The summed E-state index contributed by atoms with van der Waals surface area (Å²) in [5, 5.41) is 0. The van der Waals surface area contributed by atoms with Gasteiger partial charge < -0.3 is 19.9 Å². The second-order valence-electron chi connectivity index (χ2n) is 6.00. The number of aryl methyl sites for hydroxylation is 1. The molecule has 26 heavy (non-hydrogen) atoms. The predicted molar refractivity (Wildman–Crippen MR) is 101 cm³/mol. The summed E-state index contributed by atoms with van der Waals surface area (Å²) in [7, 11) is 1.62. The van der Waals surface area contributed by atoms with E-state index in [9.17, 15) is 4.79 Å². The van der Waals surface area contributed by atoms with E-state index in [1.807, 2.05) is 30.3 Å². The molecule has 2 aromatic carbocycles. The second kappa shape index (κ2) is 9.82. The number of carbonyl (C=O) groups is 1. The van der Waals surface area contributed by atoms with Crippen LogP contribution in [0.2, 0.25) is 0 Å². The summed E-state index contributed by atoms with van der Waals surface area (Å²) in [5.41, 5.74) is 9.02. The molecule has 5 heteroatoms. The lowest BCUT2D eigenvalue weighted by Crippen LogP contribution is -2.34. The number of ether oxygens (including phenoxy) is 3. The third kappa shape index (κ3) is 5.49. The minimum Gasteiger partial charge on any atom is -0.496 e. The lowest BCUT2D eigenvalue weighted by molar-refractivity contribution is -0.144. The van der Waals surface area contributed by atoms with Crippen LogP contribution in [-0.4, -0.2) is 25.7 Å². The minimum absolute atomic E-state index is 0.324. The van der Waals surface area contributed by atoms with Crippen molar-refractivity contribution in [3.05, 3.63) is 59.2 Å². The summed E-state index contributed by atoms with van der Waals surface area (Å²) >= 11 is 0. The molecule has 0 heterocycles. The van der Waals surface area contributed by atoms with Crippen molar-refractivity contribution < 1.29 is 19.0 Å². The molecule has 0 aliphatic carbocycles. The molecule has 2 N–H and O–H groups in total. The van der Waals surface area contributed by atoms with Crippen molar-refractivity contribution in [1.82, 2.24) is 0 Å². The summed E-state index contributed by atoms with van der Waals surface area (Å²) in [4.78, 5) is 11.7. The summed E-state index contributed by atoms with van der Waals surface area (Å²) < 4.78 is 16.3. The van der Waals surface area contributed by atoms with Gasteiger partial charge in [0, 0.05) is 5.56 Å². The Balaban J connectivity index is 2.07. The molecule has 0 fully saturated rings. The SMILES string of the molecule is CCOC(=O)C(N)Cc1ccc(OC)c(COc2ccc(CC)cc2)c1. The van der Waals surface area contributed by atoms with Gasteiger partial charge in [0.2, 0.25) is 0 Å². The van der Waals surface area contributed by atoms with Gasteiger partial charge in [0.15, 0.2) is 0 Å². The van der Waals surface area contributed by atoms with Gasteiger partial charge in [-0.2, -0.15) is 0 Å². The van der Waals surface area contributed by atoms with Crippen LogP contribution in [0.15, 0.2) is 42.5 Å². The molecule has 1 unspecified atom stereocenters. The van der Waals surface area contributed by atoms with Gasteiger partial charge in [-0.15, -0.1) is 0 Å². The van der Waals surface area contributed by atoms with Crippen molar-refractivity contribution in [1.29, 1.82) is 0 Å². The van der Waals surface area contributed by atoms with Crippen LogP contribution in [0, 0.1) is 0 Å². The molecular weight excluding hydrogens is 330 g/mol. The van der Waals surface area contributed by atoms with Crippen molar-refractivity contribution >= 4 is 5.97 Å².